The summed E-state index contributed by atoms with van der Waals surface area (Å²) in [5.74, 6) is 1.85. The molecule has 0 atom stereocenters. The molecule has 0 spiro atoms. The zero-order valence-corrected chi connectivity index (χ0v) is 18.8. The highest BCUT2D eigenvalue weighted by Crippen LogP contribution is 2.18. The summed E-state index contributed by atoms with van der Waals surface area (Å²) in [7, 11) is 1.80. The summed E-state index contributed by atoms with van der Waals surface area (Å²) in [6.07, 6.45) is 3.98. The standard InChI is InChI=1S/C21H29N5O.HI/c1-22-21(24-12-5-9-18-7-3-2-4-8-18)25-17-19-10-6-11-23-20(19)26-13-15-27-16-14-26;/h2-4,6-8,10-11H,5,9,12-17H2,1H3,(H2,22,24,25);1H. The lowest BCUT2D eigenvalue weighted by Crippen LogP contribution is -2.39. The van der Waals surface area contributed by atoms with Crippen LogP contribution in [-0.4, -0.2) is 50.8 Å². The van der Waals surface area contributed by atoms with Crippen LogP contribution in [0.3, 0.4) is 0 Å². The zero-order valence-electron chi connectivity index (χ0n) is 16.4. The molecule has 1 aromatic carbocycles. The van der Waals surface area contributed by atoms with Gasteiger partial charge in [0.2, 0.25) is 0 Å². The molecular weight excluding hydrogens is 465 g/mol. The Morgan fingerprint density at radius 1 is 1.11 bits per heavy atom. The van der Waals surface area contributed by atoms with Gasteiger partial charge in [-0.25, -0.2) is 4.98 Å². The Balaban J connectivity index is 0.00000280. The Morgan fingerprint density at radius 3 is 2.64 bits per heavy atom. The minimum absolute atomic E-state index is 0. The highest BCUT2D eigenvalue weighted by molar-refractivity contribution is 14.0. The molecule has 6 nitrogen and oxygen atoms in total. The predicted octanol–water partition coefficient (Wildman–Crippen LogP) is 2.83. The van der Waals surface area contributed by atoms with Crippen LogP contribution in [0.2, 0.25) is 0 Å². The largest absolute Gasteiger partial charge is 0.378 e. The van der Waals surface area contributed by atoms with Crippen molar-refractivity contribution in [2.45, 2.75) is 19.4 Å². The Bertz CT molecular complexity index is 720. The van der Waals surface area contributed by atoms with E-state index in [1.54, 1.807) is 7.05 Å². The number of pyridine rings is 1. The molecular formula is C21H30IN5O. The number of halogens is 1. The summed E-state index contributed by atoms with van der Waals surface area (Å²) in [4.78, 5) is 11.2. The minimum atomic E-state index is 0. The lowest BCUT2D eigenvalue weighted by Gasteiger charge is -2.29. The van der Waals surface area contributed by atoms with Crippen molar-refractivity contribution >= 4 is 35.8 Å². The van der Waals surface area contributed by atoms with Crippen molar-refractivity contribution in [1.82, 2.24) is 15.6 Å². The molecule has 1 fully saturated rings. The maximum atomic E-state index is 5.45. The SMILES string of the molecule is CN=C(NCCCc1ccccc1)NCc1cccnc1N1CCOCC1.I. The first-order valence-corrected chi connectivity index (χ1v) is 9.62. The predicted molar refractivity (Wildman–Crippen MR) is 126 cm³/mol. The number of anilines is 1. The van der Waals surface area contributed by atoms with Gasteiger partial charge < -0.3 is 20.3 Å². The quantitative estimate of drug-likeness (QED) is 0.268. The normalized spacial score (nSPS) is 14.3. The molecule has 1 aromatic heterocycles. The number of nitrogens with zero attached hydrogens (tertiary/aromatic N) is 3. The number of nitrogens with one attached hydrogen (secondary N) is 2. The van der Waals surface area contributed by atoms with Gasteiger partial charge in [-0.1, -0.05) is 36.4 Å². The van der Waals surface area contributed by atoms with Crippen LogP contribution in [0.15, 0.2) is 53.7 Å². The number of benzene rings is 1. The van der Waals surface area contributed by atoms with E-state index >= 15 is 0 Å². The monoisotopic (exact) mass is 495 g/mol. The number of aromatic nitrogens is 1. The molecule has 7 heteroatoms. The number of guanidine groups is 1. The second-order valence-electron chi connectivity index (χ2n) is 6.53. The van der Waals surface area contributed by atoms with E-state index in [2.05, 4.69) is 61.9 Å². The van der Waals surface area contributed by atoms with Gasteiger partial charge in [0.25, 0.3) is 0 Å². The van der Waals surface area contributed by atoms with E-state index in [0.29, 0.717) is 6.54 Å². The Labute approximate surface area is 184 Å². The summed E-state index contributed by atoms with van der Waals surface area (Å²) in [5, 5.41) is 6.80. The van der Waals surface area contributed by atoms with Crippen LogP contribution in [0.1, 0.15) is 17.5 Å². The fourth-order valence-electron chi connectivity index (χ4n) is 3.17. The highest BCUT2D eigenvalue weighted by atomic mass is 127. The van der Waals surface area contributed by atoms with Crippen molar-refractivity contribution in [3.05, 3.63) is 59.8 Å². The van der Waals surface area contributed by atoms with E-state index in [9.17, 15) is 0 Å². The zero-order chi connectivity index (χ0) is 18.7. The molecule has 0 unspecified atom stereocenters. The fraction of sp³-hybridized carbons (Fsp3) is 0.429. The first-order valence-electron chi connectivity index (χ1n) is 9.62. The van der Waals surface area contributed by atoms with Gasteiger partial charge >= 0.3 is 0 Å². The van der Waals surface area contributed by atoms with Crippen molar-refractivity contribution in [2.24, 2.45) is 4.99 Å². The molecule has 28 heavy (non-hydrogen) atoms. The lowest BCUT2D eigenvalue weighted by molar-refractivity contribution is 0.122. The Hall–Kier alpha value is -1.87. The third-order valence-corrected chi connectivity index (χ3v) is 4.63. The third kappa shape index (κ3) is 6.94. The molecule has 0 aliphatic carbocycles. The molecule has 0 saturated carbocycles. The van der Waals surface area contributed by atoms with Crippen molar-refractivity contribution in [3.63, 3.8) is 0 Å². The third-order valence-electron chi connectivity index (χ3n) is 4.63. The molecule has 3 rings (SSSR count). The molecule has 0 bridgehead atoms. The van der Waals surface area contributed by atoms with E-state index in [0.717, 1.165) is 57.5 Å². The van der Waals surface area contributed by atoms with Crippen LogP contribution in [0, 0.1) is 0 Å². The number of hydrogen-bond acceptors (Lipinski definition) is 4. The van der Waals surface area contributed by atoms with Gasteiger partial charge in [0.1, 0.15) is 5.82 Å². The number of hydrogen-bond donors (Lipinski definition) is 2. The van der Waals surface area contributed by atoms with Crippen molar-refractivity contribution < 1.29 is 4.74 Å². The first kappa shape index (κ1) is 22.4. The molecule has 2 N–H and O–H groups in total. The van der Waals surface area contributed by atoms with Crippen molar-refractivity contribution in [2.75, 3.05) is 44.8 Å². The second kappa shape index (κ2) is 12.6. The van der Waals surface area contributed by atoms with Gasteiger partial charge in [-0.05, 0) is 24.5 Å². The summed E-state index contributed by atoms with van der Waals surface area (Å²) in [6, 6.07) is 14.7. The van der Waals surface area contributed by atoms with Gasteiger partial charge in [0, 0.05) is 45.0 Å². The Kier molecular flexibility index (Phi) is 10.1. The molecule has 152 valence electrons. The molecule has 1 aliphatic heterocycles. The lowest BCUT2D eigenvalue weighted by atomic mass is 10.1. The number of rotatable bonds is 7. The topological polar surface area (TPSA) is 61.8 Å². The second-order valence-corrected chi connectivity index (χ2v) is 6.53. The number of ether oxygens (including phenoxy) is 1. The van der Waals surface area contributed by atoms with Gasteiger partial charge in [-0.15, -0.1) is 24.0 Å². The van der Waals surface area contributed by atoms with E-state index in [-0.39, 0.29) is 24.0 Å². The summed E-state index contributed by atoms with van der Waals surface area (Å²) >= 11 is 0. The number of morpholine rings is 1. The van der Waals surface area contributed by atoms with E-state index in [1.165, 1.54) is 11.1 Å². The number of aliphatic imine (C=N–C) groups is 1. The van der Waals surface area contributed by atoms with Gasteiger partial charge in [-0.2, -0.15) is 0 Å². The maximum absolute atomic E-state index is 5.45. The number of aryl methyl sites for hydroxylation is 1. The minimum Gasteiger partial charge on any atom is -0.378 e. The maximum Gasteiger partial charge on any atom is 0.191 e. The van der Waals surface area contributed by atoms with Crippen LogP contribution in [0.4, 0.5) is 5.82 Å². The molecule has 1 saturated heterocycles. The average Bonchev–Trinajstić information content (AvgIpc) is 2.75. The van der Waals surface area contributed by atoms with Gasteiger partial charge in [-0.3, -0.25) is 4.99 Å². The van der Waals surface area contributed by atoms with Crippen LogP contribution in [0.5, 0.6) is 0 Å². The summed E-state index contributed by atoms with van der Waals surface area (Å²) in [5.41, 5.74) is 2.54. The van der Waals surface area contributed by atoms with Crippen LogP contribution in [0.25, 0.3) is 0 Å². The smallest absolute Gasteiger partial charge is 0.191 e. The highest BCUT2D eigenvalue weighted by Gasteiger charge is 2.15. The average molecular weight is 495 g/mol. The van der Waals surface area contributed by atoms with Crippen LogP contribution < -0.4 is 15.5 Å². The van der Waals surface area contributed by atoms with Crippen molar-refractivity contribution in [3.8, 4) is 0 Å². The van der Waals surface area contributed by atoms with Crippen LogP contribution in [-0.2, 0) is 17.7 Å². The fourth-order valence-corrected chi connectivity index (χ4v) is 3.17. The van der Waals surface area contributed by atoms with Gasteiger partial charge in [0.15, 0.2) is 5.96 Å². The molecule has 0 radical (unpaired) electrons. The summed E-state index contributed by atoms with van der Waals surface area (Å²) < 4.78 is 5.45. The first-order chi connectivity index (χ1) is 13.4. The van der Waals surface area contributed by atoms with Crippen molar-refractivity contribution in [1.29, 1.82) is 0 Å². The Morgan fingerprint density at radius 2 is 1.89 bits per heavy atom. The molecule has 2 aromatic rings. The van der Waals surface area contributed by atoms with E-state index < -0.39 is 0 Å². The van der Waals surface area contributed by atoms with E-state index in [4.69, 9.17) is 4.74 Å². The molecule has 2 heterocycles. The van der Waals surface area contributed by atoms with Crippen LogP contribution >= 0.6 is 24.0 Å². The van der Waals surface area contributed by atoms with E-state index in [1.807, 2.05) is 12.3 Å². The molecule has 0 amide bonds. The van der Waals surface area contributed by atoms with Gasteiger partial charge in [0.05, 0.1) is 13.2 Å². The summed E-state index contributed by atoms with van der Waals surface area (Å²) in [6.45, 7) is 4.87. The molecule has 1 aliphatic rings.